The first-order valence-corrected chi connectivity index (χ1v) is 4.58. The smallest absolute Gasteiger partial charge is 0.425 e. The van der Waals surface area contributed by atoms with Gasteiger partial charge in [0.05, 0.1) is 6.07 Å². The standard InChI is InChI=1S/C10H11F3N2O/c1-7(10(11,12)13)16-8-3-4-15-9(2,5-8)6-14/h3-5,7,15H,1-2H3/t7?,9-/m0/s1. The van der Waals surface area contributed by atoms with Crippen molar-refractivity contribution in [1.82, 2.24) is 5.32 Å². The summed E-state index contributed by atoms with van der Waals surface area (Å²) in [7, 11) is 0. The van der Waals surface area contributed by atoms with Gasteiger partial charge < -0.3 is 10.1 Å². The second kappa shape index (κ2) is 4.08. The molecule has 1 aliphatic heterocycles. The van der Waals surface area contributed by atoms with Gasteiger partial charge in [-0.15, -0.1) is 0 Å². The maximum Gasteiger partial charge on any atom is 0.425 e. The molecule has 3 nitrogen and oxygen atoms in total. The number of hydrogen-bond donors (Lipinski definition) is 1. The minimum Gasteiger partial charge on any atom is -0.481 e. The Morgan fingerprint density at radius 2 is 2.19 bits per heavy atom. The number of nitriles is 1. The quantitative estimate of drug-likeness (QED) is 0.794. The molecule has 0 spiro atoms. The lowest BCUT2D eigenvalue weighted by Crippen LogP contribution is -2.38. The van der Waals surface area contributed by atoms with E-state index in [0.717, 1.165) is 6.92 Å². The molecule has 1 aliphatic rings. The maximum absolute atomic E-state index is 12.2. The molecule has 0 aliphatic carbocycles. The lowest BCUT2D eigenvalue weighted by Gasteiger charge is -2.25. The van der Waals surface area contributed by atoms with E-state index in [4.69, 9.17) is 10.00 Å². The van der Waals surface area contributed by atoms with E-state index in [2.05, 4.69) is 5.32 Å². The molecule has 0 fully saturated rings. The van der Waals surface area contributed by atoms with Crippen LogP contribution >= 0.6 is 0 Å². The Kier molecular flexibility index (Phi) is 3.17. The van der Waals surface area contributed by atoms with E-state index in [1.165, 1.54) is 25.3 Å². The van der Waals surface area contributed by atoms with Gasteiger partial charge in [-0.05, 0) is 26.0 Å². The fourth-order valence-corrected chi connectivity index (χ4v) is 1.08. The van der Waals surface area contributed by atoms with Crippen LogP contribution in [0.15, 0.2) is 24.1 Å². The van der Waals surface area contributed by atoms with E-state index in [9.17, 15) is 13.2 Å². The number of nitrogens with zero attached hydrogens (tertiary/aromatic N) is 1. The van der Waals surface area contributed by atoms with Crippen LogP contribution in [0.3, 0.4) is 0 Å². The van der Waals surface area contributed by atoms with Crippen LogP contribution in [-0.2, 0) is 4.74 Å². The molecule has 0 saturated heterocycles. The van der Waals surface area contributed by atoms with Gasteiger partial charge in [-0.25, -0.2) is 0 Å². The van der Waals surface area contributed by atoms with Crippen molar-refractivity contribution < 1.29 is 17.9 Å². The molecule has 0 saturated carbocycles. The molecule has 1 rings (SSSR count). The zero-order valence-corrected chi connectivity index (χ0v) is 8.80. The molecule has 1 heterocycles. The van der Waals surface area contributed by atoms with Gasteiger partial charge in [-0.2, -0.15) is 18.4 Å². The molecule has 0 aromatic carbocycles. The van der Waals surface area contributed by atoms with Gasteiger partial charge in [0.15, 0.2) is 6.10 Å². The summed E-state index contributed by atoms with van der Waals surface area (Å²) in [5.41, 5.74) is -1.03. The third kappa shape index (κ3) is 2.92. The Bertz CT molecular complexity index is 367. The van der Waals surface area contributed by atoms with Crippen LogP contribution in [0.25, 0.3) is 0 Å². The van der Waals surface area contributed by atoms with Crippen LogP contribution in [0.1, 0.15) is 13.8 Å². The van der Waals surface area contributed by atoms with E-state index in [-0.39, 0.29) is 5.76 Å². The lowest BCUT2D eigenvalue weighted by atomic mass is 10.0. The van der Waals surface area contributed by atoms with Crippen molar-refractivity contribution in [2.24, 2.45) is 0 Å². The van der Waals surface area contributed by atoms with Crippen molar-refractivity contribution in [2.45, 2.75) is 31.7 Å². The van der Waals surface area contributed by atoms with E-state index >= 15 is 0 Å². The highest BCUT2D eigenvalue weighted by molar-refractivity contribution is 5.30. The molecule has 0 bridgehead atoms. The molecular weight excluding hydrogens is 221 g/mol. The summed E-state index contributed by atoms with van der Waals surface area (Å²) in [4.78, 5) is 0. The highest BCUT2D eigenvalue weighted by Crippen LogP contribution is 2.26. The first-order valence-electron chi connectivity index (χ1n) is 4.58. The first-order chi connectivity index (χ1) is 7.27. The van der Waals surface area contributed by atoms with Crippen molar-refractivity contribution in [3.05, 3.63) is 24.1 Å². The first kappa shape index (κ1) is 12.4. The number of ether oxygens (including phenoxy) is 1. The molecule has 0 aromatic rings. The van der Waals surface area contributed by atoms with Gasteiger partial charge in [0.1, 0.15) is 11.3 Å². The normalized spacial score (nSPS) is 26.4. The molecule has 1 unspecified atom stereocenters. The Labute approximate surface area is 91.2 Å². The van der Waals surface area contributed by atoms with Crippen LogP contribution in [0.2, 0.25) is 0 Å². The Balaban J connectivity index is 2.76. The predicted molar refractivity (Wildman–Crippen MR) is 51.0 cm³/mol. The number of dihydropyridines is 1. The summed E-state index contributed by atoms with van der Waals surface area (Å²) < 4.78 is 41.4. The SMILES string of the molecule is CC(OC1=C[C@@](C)(C#N)NC=C1)C(F)(F)F. The number of allylic oxidation sites excluding steroid dienone is 1. The van der Waals surface area contributed by atoms with Crippen molar-refractivity contribution in [1.29, 1.82) is 5.26 Å². The monoisotopic (exact) mass is 232 g/mol. The number of nitrogens with one attached hydrogen (secondary N) is 1. The molecule has 2 atom stereocenters. The Morgan fingerprint density at radius 1 is 1.56 bits per heavy atom. The van der Waals surface area contributed by atoms with E-state index < -0.39 is 17.8 Å². The number of alkyl halides is 3. The number of rotatable bonds is 2. The van der Waals surface area contributed by atoms with Crippen LogP contribution in [-0.4, -0.2) is 17.8 Å². The van der Waals surface area contributed by atoms with Crippen LogP contribution in [0.5, 0.6) is 0 Å². The minimum absolute atomic E-state index is 0.0348. The van der Waals surface area contributed by atoms with E-state index in [1.54, 1.807) is 0 Å². The van der Waals surface area contributed by atoms with Gasteiger partial charge >= 0.3 is 6.18 Å². The second-order valence-electron chi connectivity index (χ2n) is 3.64. The molecule has 0 radical (unpaired) electrons. The molecule has 16 heavy (non-hydrogen) atoms. The van der Waals surface area contributed by atoms with Crippen molar-refractivity contribution in [2.75, 3.05) is 0 Å². The third-order valence-corrected chi connectivity index (χ3v) is 2.07. The number of halogens is 3. The van der Waals surface area contributed by atoms with Gasteiger partial charge in [-0.1, -0.05) is 0 Å². The summed E-state index contributed by atoms with van der Waals surface area (Å²) in [6.45, 7) is 2.46. The second-order valence-corrected chi connectivity index (χ2v) is 3.64. The summed E-state index contributed by atoms with van der Waals surface area (Å²) in [5.74, 6) is 0.0348. The zero-order valence-electron chi connectivity index (χ0n) is 8.80. The highest BCUT2D eigenvalue weighted by atomic mass is 19.4. The molecule has 0 aromatic heterocycles. The average Bonchev–Trinajstić information content (AvgIpc) is 2.16. The van der Waals surface area contributed by atoms with Crippen molar-refractivity contribution in [3.8, 4) is 6.07 Å². The fourth-order valence-electron chi connectivity index (χ4n) is 1.08. The Hall–Kier alpha value is -1.64. The van der Waals surface area contributed by atoms with E-state index in [0.29, 0.717) is 0 Å². The van der Waals surface area contributed by atoms with Crippen LogP contribution in [0.4, 0.5) is 13.2 Å². The zero-order chi connectivity index (χ0) is 12.4. The average molecular weight is 232 g/mol. The van der Waals surface area contributed by atoms with Crippen LogP contribution in [0, 0.1) is 11.3 Å². The van der Waals surface area contributed by atoms with Gasteiger partial charge in [0.2, 0.25) is 0 Å². The Morgan fingerprint density at radius 3 is 2.69 bits per heavy atom. The lowest BCUT2D eigenvalue weighted by molar-refractivity contribution is -0.202. The third-order valence-electron chi connectivity index (χ3n) is 2.07. The van der Waals surface area contributed by atoms with Gasteiger partial charge in [0, 0.05) is 6.20 Å². The molecule has 6 heteroatoms. The summed E-state index contributed by atoms with van der Waals surface area (Å²) in [5, 5.41) is 11.5. The maximum atomic E-state index is 12.2. The minimum atomic E-state index is -4.41. The van der Waals surface area contributed by atoms with Crippen molar-refractivity contribution >= 4 is 0 Å². The molecule has 1 N–H and O–H groups in total. The largest absolute Gasteiger partial charge is 0.481 e. The number of hydrogen-bond acceptors (Lipinski definition) is 3. The highest BCUT2D eigenvalue weighted by Gasteiger charge is 2.38. The van der Waals surface area contributed by atoms with Gasteiger partial charge in [-0.3, -0.25) is 0 Å². The summed E-state index contributed by atoms with van der Waals surface area (Å²) >= 11 is 0. The van der Waals surface area contributed by atoms with Crippen molar-refractivity contribution in [3.63, 3.8) is 0 Å². The summed E-state index contributed by atoms with van der Waals surface area (Å²) in [6, 6.07) is 1.92. The summed E-state index contributed by atoms with van der Waals surface area (Å²) in [6.07, 6.45) is -2.26. The fraction of sp³-hybridized carbons (Fsp3) is 0.500. The predicted octanol–water partition coefficient (Wildman–Crippen LogP) is 2.24. The molecular formula is C10H11F3N2O. The van der Waals surface area contributed by atoms with E-state index in [1.807, 2.05) is 6.07 Å². The van der Waals surface area contributed by atoms with Crippen LogP contribution < -0.4 is 5.32 Å². The molecule has 0 amide bonds. The topological polar surface area (TPSA) is 45.0 Å². The van der Waals surface area contributed by atoms with Gasteiger partial charge in [0.25, 0.3) is 0 Å². The molecule has 88 valence electrons.